The number of benzene rings is 1. The smallest absolute Gasteiger partial charge is 0.194 e. The second-order valence-corrected chi connectivity index (χ2v) is 4.77. The molecule has 1 aromatic rings. The maximum atomic E-state index is 5.32. The number of hydrogen-bond donors (Lipinski definition) is 1. The monoisotopic (exact) mass is 405 g/mol. The van der Waals surface area contributed by atoms with E-state index in [1.807, 2.05) is 6.92 Å². The van der Waals surface area contributed by atoms with E-state index in [0.29, 0.717) is 13.2 Å². The fourth-order valence-electron chi connectivity index (χ4n) is 1.87. The van der Waals surface area contributed by atoms with Gasteiger partial charge in [-0.1, -0.05) is 29.8 Å². The molecule has 0 aliphatic carbocycles. The van der Waals surface area contributed by atoms with E-state index in [1.165, 1.54) is 11.1 Å². The van der Waals surface area contributed by atoms with Crippen molar-refractivity contribution in [3.63, 3.8) is 0 Å². The molecular weight excluding hydrogens is 377 g/mol. The predicted octanol–water partition coefficient (Wildman–Crippen LogP) is 3.05. The van der Waals surface area contributed by atoms with Gasteiger partial charge >= 0.3 is 0 Å². The highest BCUT2D eigenvalue weighted by Crippen LogP contribution is 2.06. The predicted molar refractivity (Wildman–Crippen MR) is 101 cm³/mol. The Balaban J connectivity index is 0.00000400. The van der Waals surface area contributed by atoms with Gasteiger partial charge in [-0.2, -0.15) is 0 Å². The summed E-state index contributed by atoms with van der Waals surface area (Å²) >= 11 is 0. The van der Waals surface area contributed by atoms with E-state index in [1.54, 1.807) is 0 Å². The van der Waals surface area contributed by atoms with Gasteiger partial charge in [-0.25, -0.2) is 0 Å². The second kappa shape index (κ2) is 11.8. The van der Waals surface area contributed by atoms with Crippen molar-refractivity contribution in [2.45, 2.75) is 27.3 Å². The van der Waals surface area contributed by atoms with Gasteiger partial charge in [-0.3, -0.25) is 4.99 Å². The average molecular weight is 405 g/mol. The van der Waals surface area contributed by atoms with Gasteiger partial charge in [0.05, 0.1) is 13.2 Å². The standard InChI is InChI=1S/C16H27N3O.HI/c1-5-17-16(18-11-12-20-6-2)19(4)13-15-9-7-14(3)8-10-15;/h7-10H,5-6,11-13H2,1-4H3,(H,17,18);1H. The van der Waals surface area contributed by atoms with Gasteiger partial charge in [0.2, 0.25) is 0 Å². The van der Waals surface area contributed by atoms with E-state index >= 15 is 0 Å². The fraction of sp³-hybridized carbons (Fsp3) is 0.562. The van der Waals surface area contributed by atoms with Gasteiger partial charge in [0, 0.05) is 26.7 Å². The van der Waals surface area contributed by atoms with E-state index < -0.39 is 0 Å². The lowest BCUT2D eigenvalue weighted by Crippen LogP contribution is -2.38. The minimum Gasteiger partial charge on any atom is -0.380 e. The molecule has 0 aliphatic heterocycles. The molecule has 0 saturated heterocycles. The van der Waals surface area contributed by atoms with Crippen LogP contribution in [0.3, 0.4) is 0 Å². The van der Waals surface area contributed by atoms with Gasteiger partial charge in [-0.15, -0.1) is 24.0 Å². The molecule has 0 heterocycles. The van der Waals surface area contributed by atoms with Crippen LogP contribution in [0.2, 0.25) is 0 Å². The van der Waals surface area contributed by atoms with E-state index in [-0.39, 0.29) is 24.0 Å². The van der Waals surface area contributed by atoms with Crippen LogP contribution in [0.4, 0.5) is 0 Å². The SMILES string of the molecule is CCNC(=NCCOCC)N(C)Cc1ccc(C)cc1.I. The zero-order valence-corrected chi connectivity index (χ0v) is 15.9. The summed E-state index contributed by atoms with van der Waals surface area (Å²) in [6, 6.07) is 8.61. The zero-order valence-electron chi connectivity index (χ0n) is 13.6. The van der Waals surface area contributed by atoms with E-state index in [4.69, 9.17) is 4.74 Å². The molecule has 0 radical (unpaired) electrons. The largest absolute Gasteiger partial charge is 0.380 e. The topological polar surface area (TPSA) is 36.9 Å². The van der Waals surface area contributed by atoms with Crippen molar-refractivity contribution in [3.8, 4) is 0 Å². The molecular formula is C16H28IN3O. The number of guanidine groups is 1. The lowest BCUT2D eigenvalue weighted by molar-refractivity contribution is 0.155. The Hall–Kier alpha value is -0.820. The lowest BCUT2D eigenvalue weighted by Gasteiger charge is -2.22. The summed E-state index contributed by atoms with van der Waals surface area (Å²) in [4.78, 5) is 6.71. The molecule has 0 unspecified atom stereocenters. The second-order valence-electron chi connectivity index (χ2n) is 4.77. The lowest BCUT2D eigenvalue weighted by atomic mass is 10.1. The number of halogens is 1. The summed E-state index contributed by atoms with van der Waals surface area (Å²) in [6.45, 7) is 10.00. The molecule has 1 aromatic carbocycles. The molecule has 1 rings (SSSR count). The number of hydrogen-bond acceptors (Lipinski definition) is 2. The third-order valence-electron chi connectivity index (χ3n) is 2.94. The fourth-order valence-corrected chi connectivity index (χ4v) is 1.87. The molecule has 1 N–H and O–H groups in total. The number of ether oxygens (including phenoxy) is 1. The maximum Gasteiger partial charge on any atom is 0.194 e. The van der Waals surface area contributed by atoms with E-state index in [9.17, 15) is 0 Å². The van der Waals surface area contributed by atoms with E-state index in [0.717, 1.165) is 25.7 Å². The van der Waals surface area contributed by atoms with Crippen molar-refractivity contribution in [2.75, 3.05) is 33.4 Å². The van der Waals surface area contributed by atoms with Gasteiger partial charge in [0.1, 0.15) is 0 Å². The van der Waals surface area contributed by atoms with Crippen LogP contribution in [0.1, 0.15) is 25.0 Å². The Morgan fingerprint density at radius 2 is 1.90 bits per heavy atom. The molecule has 0 amide bonds. The van der Waals surface area contributed by atoms with E-state index in [2.05, 4.69) is 60.4 Å². The minimum absolute atomic E-state index is 0. The van der Waals surface area contributed by atoms with Crippen LogP contribution in [0, 0.1) is 6.92 Å². The van der Waals surface area contributed by atoms with Gasteiger partial charge in [-0.05, 0) is 26.3 Å². The number of nitrogens with zero attached hydrogens (tertiary/aromatic N) is 2. The van der Waals surface area contributed by atoms with Crippen molar-refractivity contribution in [2.24, 2.45) is 4.99 Å². The highest BCUT2D eigenvalue weighted by atomic mass is 127. The zero-order chi connectivity index (χ0) is 14.8. The quantitative estimate of drug-likeness (QED) is 0.328. The number of aryl methyl sites for hydroxylation is 1. The molecule has 5 heteroatoms. The summed E-state index contributed by atoms with van der Waals surface area (Å²) in [6.07, 6.45) is 0. The van der Waals surface area contributed by atoms with Crippen LogP contribution in [0.25, 0.3) is 0 Å². The first-order valence-electron chi connectivity index (χ1n) is 7.30. The Morgan fingerprint density at radius 3 is 2.48 bits per heavy atom. The third-order valence-corrected chi connectivity index (χ3v) is 2.94. The minimum atomic E-state index is 0. The molecule has 0 atom stereocenters. The van der Waals surface area contributed by atoms with Crippen LogP contribution in [-0.4, -0.2) is 44.2 Å². The summed E-state index contributed by atoms with van der Waals surface area (Å²) in [5, 5.41) is 3.31. The summed E-state index contributed by atoms with van der Waals surface area (Å²) < 4.78 is 5.32. The molecule has 21 heavy (non-hydrogen) atoms. The van der Waals surface area contributed by atoms with Crippen LogP contribution < -0.4 is 5.32 Å². The molecule has 0 bridgehead atoms. The highest BCUT2D eigenvalue weighted by Gasteiger charge is 2.06. The molecule has 0 saturated carbocycles. The maximum absolute atomic E-state index is 5.32. The Labute approximate surface area is 146 Å². The van der Waals surface area contributed by atoms with Crippen LogP contribution in [-0.2, 0) is 11.3 Å². The van der Waals surface area contributed by atoms with Crippen molar-refractivity contribution in [3.05, 3.63) is 35.4 Å². The van der Waals surface area contributed by atoms with Gasteiger partial charge in [0.15, 0.2) is 5.96 Å². The first kappa shape index (κ1) is 20.2. The molecule has 0 fully saturated rings. The summed E-state index contributed by atoms with van der Waals surface area (Å²) in [5.74, 6) is 0.924. The van der Waals surface area contributed by atoms with Gasteiger partial charge < -0.3 is 15.0 Å². The molecule has 0 spiro atoms. The molecule has 0 aromatic heterocycles. The third kappa shape index (κ3) is 8.26. The molecule has 4 nitrogen and oxygen atoms in total. The number of rotatable bonds is 7. The van der Waals surface area contributed by atoms with Crippen molar-refractivity contribution < 1.29 is 4.74 Å². The van der Waals surface area contributed by atoms with Crippen molar-refractivity contribution in [1.29, 1.82) is 0 Å². The first-order valence-corrected chi connectivity index (χ1v) is 7.30. The van der Waals surface area contributed by atoms with Crippen LogP contribution in [0.15, 0.2) is 29.3 Å². The summed E-state index contributed by atoms with van der Waals surface area (Å²) in [7, 11) is 2.06. The summed E-state index contributed by atoms with van der Waals surface area (Å²) in [5.41, 5.74) is 2.57. The average Bonchev–Trinajstić information content (AvgIpc) is 2.44. The number of aliphatic imine (C=N–C) groups is 1. The Morgan fingerprint density at radius 1 is 1.24 bits per heavy atom. The molecule has 0 aliphatic rings. The molecule has 120 valence electrons. The number of nitrogens with one attached hydrogen (secondary N) is 1. The normalized spacial score (nSPS) is 11.0. The first-order chi connectivity index (χ1) is 9.67. The van der Waals surface area contributed by atoms with Crippen molar-refractivity contribution in [1.82, 2.24) is 10.2 Å². The Bertz CT molecular complexity index is 406. The van der Waals surface area contributed by atoms with Crippen molar-refractivity contribution >= 4 is 29.9 Å². The Kier molecular flexibility index (Phi) is 11.3. The van der Waals surface area contributed by atoms with Gasteiger partial charge in [0.25, 0.3) is 0 Å². The van der Waals surface area contributed by atoms with Crippen LogP contribution >= 0.6 is 24.0 Å². The van der Waals surface area contributed by atoms with Crippen LogP contribution in [0.5, 0.6) is 0 Å². The highest BCUT2D eigenvalue weighted by molar-refractivity contribution is 14.0.